The van der Waals surface area contributed by atoms with Gasteiger partial charge in [0.2, 0.25) is 0 Å². The van der Waals surface area contributed by atoms with E-state index in [-0.39, 0.29) is 4.90 Å². The van der Waals surface area contributed by atoms with Crippen LogP contribution in [0.5, 0.6) is 0 Å². The minimum atomic E-state index is -3.57. The summed E-state index contributed by atoms with van der Waals surface area (Å²) in [6.45, 7) is 2.14. The third-order valence-electron chi connectivity index (χ3n) is 3.62. The van der Waals surface area contributed by atoms with Crippen molar-refractivity contribution in [3.8, 4) is 0 Å². The van der Waals surface area contributed by atoms with Crippen LogP contribution in [0.25, 0.3) is 0 Å². The average Bonchev–Trinajstić information content (AvgIpc) is 3.04. The van der Waals surface area contributed by atoms with Crippen LogP contribution in [0.1, 0.15) is 19.3 Å². The van der Waals surface area contributed by atoms with Gasteiger partial charge in [0.1, 0.15) is 4.90 Å². The molecule has 1 aromatic carbocycles. The molecule has 0 aliphatic carbocycles. The first-order chi connectivity index (χ1) is 10.1. The smallest absolute Gasteiger partial charge is 0.265 e. The van der Waals surface area contributed by atoms with Crippen molar-refractivity contribution >= 4 is 21.4 Å². The van der Waals surface area contributed by atoms with E-state index in [0.29, 0.717) is 5.69 Å². The second-order valence-corrected chi connectivity index (χ2v) is 6.82. The Hall–Kier alpha value is -2.02. The van der Waals surface area contributed by atoms with Crippen molar-refractivity contribution < 1.29 is 8.42 Å². The number of hydrogen-bond donors (Lipinski definition) is 2. The van der Waals surface area contributed by atoms with Crippen LogP contribution in [0.2, 0.25) is 0 Å². The van der Waals surface area contributed by atoms with Crippen molar-refractivity contribution in [2.24, 2.45) is 0 Å². The zero-order valence-corrected chi connectivity index (χ0v) is 12.4. The van der Waals surface area contributed by atoms with Crippen molar-refractivity contribution in [1.29, 1.82) is 0 Å². The Morgan fingerprint density at radius 3 is 2.43 bits per heavy atom. The van der Waals surface area contributed by atoms with E-state index >= 15 is 0 Å². The summed E-state index contributed by atoms with van der Waals surface area (Å²) in [5.74, 6) is 0. The molecule has 7 heteroatoms. The molecule has 3 rings (SSSR count). The molecule has 0 saturated carbocycles. The van der Waals surface area contributed by atoms with Gasteiger partial charge < -0.3 is 4.90 Å². The number of benzene rings is 1. The normalized spacial score (nSPS) is 15.9. The van der Waals surface area contributed by atoms with Gasteiger partial charge in [-0.25, -0.2) is 8.42 Å². The molecule has 2 aromatic rings. The van der Waals surface area contributed by atoms with Gasteiger partial charge in [0, 0.05) is 30.7 Å². The molecule has 1 aliphatic heterocycles. The van der Waals surface area contributed by atoms with Crippen LogP contribution >= 0.6 is 0 Å². The van der Waals surface area contributed by atoms with Gasteiger partial charge in [-0.15, -0.1) is 0 Å². The third kappa shape index (κ3) is 3.18. The van der Waals surface area contributed by atoms with Gasteiger partial charge in [-0.2, -0.15) is 5.10 Å². The first kappa shape index (κ1) is 13.9. The lowest BCUT2D eigenvalue weighted by Gasteiger charge is -2.28. The topological polar surface area (TPSA) is 78.1 Å². The number of aromatic nitrogens is 2. The van der Waals surface area contributed by atoms with E-state index in [0.717, 1.165) is 18.8 Å². The fraction of sp³-hybridized carbons (Fsp3) is 0.357. The summed E-state index contributed by atoms with van der Waals surface area (Å²) >= 11 is 0. The first-order valence-corrected chi connectivity index (χ1v) is 8.50. The summed E-state index contributed by atoms with van der Waals surface area (Å²) in [5.41, 5.74) is 1.69. The third-order valence-corrected chi connectivity index (χ3v) is 4.97. The monoisotopic (exact) mass is 306 g/mol. The molecular formula is C14H18N4O2S. The number of sulfonamides is 1. The van der Waals surface area contributed by atoms with Gasteiger partial charge in [0.05, 0.1) is 6.20 Å². The van der Waals surface area contributed by atoms with Crippen molar-refractivity contribution in [2.75, 3.05) is 22.7 Å². The van der Waals surface area contributed by atoms with Crippen LogP contribution < -0.4 is 9.62 Å². The molecule has 2 N–H and O–H groups in total. The molecule has 21 heavy (non-hydrogen) atoms. The van der Waals surface area contributed by atoms with E-state index in [9.17, 15) is 8.42 Å². The molecular weight excluding hydrogens is 288 g/mol. The Kier molecular flexibility index (Phi) is 3.83. The fourth-order valence-electron chi connectivity index (χ4n) is 2.49. The minimum absolute atomic E-state index is 0.127. The number of hydrogen-bond acceptors (Lipinski definition) is 4. The van der Waals surface area contributed by atoms with Gasteiger partial charge in [-0.1, -0.05) is 0 Å². The van der Waals surface area contributed by atoms with Crippen molar-refractivity contribution in [3.63, 3.8) is 0 Å². The molecule has 0 amide bonds. The largest absolute Gasteiger partial charge is 0.372 e. The Morgan fingerprint density at radius 1 is 1.10 bits per heavy atom. The summed E-state index contributed by atoms with van der Waals surface area (Å²) < 4.78 is 26.7. The van der Waals surface area contributed by atoms with Crippen molar-refractivity contribution in [2.45, 2.75) is 24.2 Å². The Morgan fingerprint density at radius 2 is 1.81 bits per heavy atom. The molecule has 1 fully saturated rings. The van der Waals surface area contributed by atoms with E-state index in [4.69, 9.17) is 0 Å². The zero-order chi connectivity index (χ0) is 14.7. The van der Waals surface area contributed by atoms with Gasteiger partial charge >= 0.3 is 0 Å². The van der Waals surface area contributed by atoms with Gasteiger partial charge in [-0.3, -0.25) is 9.82 Å². The van der Waals surface area contributed by atoms with E-state index in [2.05, 4.69) is 19.8 Å². The highest BCUT2D eigenvalue weighted by atomic mass is 32.2. The van der Waals surface area contributed by atoms with Crippen LogP contribution in [0, 0.1) is 0 Å². The first-order valence-electron chi connectivity index (χ1n) is 7.02. The molecule has 6 nitrogen and oxygen atoms in total. The molecule has 0 spiro atoms. The van der Waals surface area contributed by atoms with Gasteiger partial charge in [0.15, 0.2) is 0 Å². The minimum Gasteiger partial charge on any atom is -0.372 e. The maximum atomic E-state index is 12.1. The molecule has 0 bridgehead atoms. The van der Waals surface area contributed by atoms with Crippen LogP contribution in [0.4, 0.5) is 11.4 Å². The summed E-state index contributed by atoms with van der Waals surface area (Å²) in [6, 6.07) is 7.50. The average molecular weight is 306 g/mol. The second-order valence-electron chi connectivity index (χ2n) is 5.13. The second kappa shape index (κ2) is 5.77. The number of anilines is 2. The number of aromatic amines is 1. The predicted molar refractivity (Wildman–Crippen MR) is 81.9 cm³/mol. The molecule has 1 saturated heterocycles. The lowest BCUT2D eigenvalue weighted by molar-refractivity contribution is 0.578. The Balaban J connectivity index is 1.72. The highest BCUT2D eigenvalue weighted by Gasteiger charge is 2.16. The van der Waals surface area contributed by atoms with E-state index in [1.165, 1.54) is 31.7 Å². The van der Waals surface area contributed by atoms with Crippen LogP contribution in [0.3, 0.4) is 0 Å². The fourth-order valence-corrected chi connectivity index (χ4v) is 3.46. The molecule has 112 valence electrons. The zero-order valence-electron chi connectivity index (χ0n) is 11.6. The van der Waals surface area contributed by atoms with E-state index < -0.39 is 10.0 Å². The summed E-state index contributed by atoms with van der Waals surface area (Å²) in [4.78, 5) is 2.46. The number of nitrogens with one attached hydrogen (secondary N) is 2. The molecule has 0 unspecified atom stereocenters. The quantitative estimate of drug-likeness (QED) is 0.907. The number of nitrogens with zero attached hydrogens (tertiary/aromatic N) is 2. The summed E-state index contributed by atoms with van der Waals surface area (Å²) in [6.07, 6.45) is 6.36. The Labute approximate surface area is 124 Å². The van der Waals surface area contributed by atoms with Crippen LogP contribution in [-0.2, 0) is 10.0 Å². The number of piperidine rings is 1. The SMILES string of the molecule is O=S(=O)(Nc1ccc(N2CCCCC2)cc1)c1cn[nH]c1. The number of H-pyrrole nitrogens is 1. The summed E-state index contributed by atoms with van der Waals surface area (Å²) in [7, 11) is -3.57. The Bertz CT molecular complexity index is 674. The van der Waals surface area contributed by atoms with Crippen molar-refractivity contribution in [3.05, 3.63) is 36.7 Å². The van der Waals surface area contributed by atoms with Gasteiger partial charge in [-0.05, 0) is 43.5 Å². The van der Waals surface area contributed by atoms with E-state index in [1.807, 2.05) is 12.1 Å². The molecule has 1 aliphatic rings. The lowest BCUT2D eigenvalue weighted by Crippen LogP contribution is -2.29. The molecule has 0 atom stereocenters. The van der Waals surface area contributed by atoms with E-state index in [1.54, 1.807) is 12.1 Å². The summed E-state index contributed by atoms with van der Waals surface area (Å²) in [5, 5.41) is 6.15. The standard InChI is InChI=1S/C14H18N4O2S/c19-21(20,14-10-15-16-11-14)17-12-4-6-13(7-5-12)18-8-2-1-3-9-18/h4-7,10-11,17H,1-3,8-9H2,(H,15,16). The predicted octanol–water partition coefficient (Wildman–Crippen LogP) is 2.20. The molecule has 0 radical (unpaired) electrons. The maximum absolute atomic E-state index is 12.1. The maximum Gasteiger partial charge on any atom is 0.265 e. The van der Waals surface area contributed by atoms with Crippen molar-refractivity contribution in [1.82, 2.24) is 10.2 Å². The van der Waals surface area contributed by atoms with Crippen LogP contribution in [-0.4, -0.2) is 31.7 Å². The lowest BCUT2D eigenvalue weighted by atomic mass is 10.1. The number of rotatable bonds is 4. The highest BCUT2D eigenvalue weighted by Crippen LogP contribution is 2.23. The molecule has 2 heterocycles. The van der Waals surface area contributed by atoms with Gasteiger partial charge in [0.25, 0.3) is 10.0 Å². The van der Waals surface area contributed by atoms with Crippen LogP contribution in [0.15, 0.2) is 41.6 Å². The highest BCUT2D eigenvalue weighted by molar-refractivity contribution is 7.92. The molecule has 1 aromatic heterocycles.